The highest BCUT2D eigenvalue weighted by atomic mass is 79.9. The molecule has 0 aliphatic rings. The maximum Gasteiger partial charge on any atom is 0.0738 e. The third-order valence-corrected chi connectivity index (χ3v) is 3.69. The molecule has 0 atom stereocenters. The van der Waals surface area contributed by atoms with Gasteiger partial charge in [0.25, 0.3) is 0 Å². The van der Waals surface area contributed by atoms with Gasteiger partial charge in [0.15, 0.2) is 0 Å². The van der Waals surface area contributed by atoms with Gasteiger partial charge < -0.3 is 5.32 Å². The van der Waals surface area contributed by atoms with Crippen molar-refractivity contribution in [2.24, 2.45) is 7.05 Å². The minimum Gasteiger partial charge on any atom is -0.316 e. The molecular formula is C13H22BrN3. The minimum atomic E-state index is 0.936. The summed E-state index contributed by atoms with van der Waals surface area (Å²) in [6.45, 7) is 6.38. The molecule has 0 unspecified atom stereocenters. The normalized spacial score (nSPS) is 11.5. The zero-order chi connectivity index (χ0) is 12.7. The first-order valence-electron chi connectivity index (χ1n) is 6.20. The molecule has 1 heterocycles. The fourth-order valence-electron chi connectivity index (χ4n) is 1.70. The third-order valence-electron chi connectivity index (χ3n) is 2.65. The molecule has 0 aliphatic heterocycles. The van der Waals surface area contributed by atoms with Gasteiger partial charge in [0, 0.05) is 13.5 Å². The molecule has 0 aliphatic carbocycles. The summed E-state index contributed by atoms with van der Waals surface area (Å²) in [4.78, 5) is 0. The second kappa shape index (κ2) is 7.67. The highest BCUT2D eigenvalue weighted by molar-refractivity contribution is 9.10. The molecule has 1 aromatic rings. The van der Waals surface area contributed by atoms with Crippen LogP contribution in [0.1, 0.15) is 31.2 Å². The molecule has 0 aromatic carbocycles. The maximum atomic E-state index is 4.37. The van der Waals surface area contributed by atoms with E-state index >= 15 is 0 Å². The number of allylic oxidation sites excluding steroid dienone is 1. The zero-order valence-electron chi connectivity index (χ0n) is 11.0. The quantitative estimate of drug-likeness (QED) is 0.620. The summed E-state index contributed by atoms with van der Waals surface area (Å²) in [6.07, 6.45) is 7.68. The van der Waals surface area contributed by atoms with Crippen LogP contribution in [0.4, 0.5) is 0 Å². The van der Waals surface area contributed by atoms with E-state index in [1.54, 1.807) is 0 Å². The van der Waals surface area contributed by atoms with Crippen LogP contribution in [-0.2, 0) is 13.5 Å². The molecule has 0 amide bonds. The number of halogens is 1. The Morgan fingerprint density at radius 1 is 1.35 bits per heavy atom. The van der Waals surface area contributed by atoms with Gasteiger partial charge >= 0.3 is 0 Å². The van der Waals surface area contributed by atoms with Gasteiger partial charge in [-0.2, -0.15) is 5.10 Å². The molecular weight excluding hydrogens is 278 g/mol. The van der Waals surface area contributed by atoms with E-state index in [-0.39, 0.29) is 0 Å². The van der Waals surface area contributed by atoms with Crippen molar-refractivity contribution < 1.29 is 0 Å². The molecule has 1 rings (SSSR count). The van der Waals surface area contributed by atoms with E-state index in [9.17, 15) is 0 Å². The van der Waals surface area contributed by atoms with Crippen LogP contribution in [-0.4, -0.2) is 22.9 Å². The fourth-order valence-corrected chi connectivity index (χ4v) is 2.20. The minimum absolute atomic E-state index is 0.936. The molecule has 0 bridgehead atoms. The van der Waals surface area contributed by atoms with E-state index in [2.05, 4.69) is 45.4 Å². The van der Waals surface area contributed by atoms with Crippen LogP contribution in [0.25, 0.3) is 0 Å². The standard InChI is InChI=1S/C13H22BrN3/c1-4-9-15-10-7-5-6-8-12-13(14)11(2)16-17(12)3/h5-6,15H,4,7-10H2,1-3H3. The molecule has 0 fully saturated rings. The number of nitrogens with zero attached hydrogens (tertiary/aromatic N) is 2. The molecule has 0 saturated carbocycles. The van der Waals surface area contributed by atoms with E-state index < -0.39 is 0 Å². The van der Waals surface area contributed by atoms with E-state index in [4.69, 9.17) is 0 Å². The lowest BCUT2D eigenvalue weighted by molar-refractivity contribution is 0.677. The topological polar surface area (TPSA) is 29.9 Å². The fraction of sp³-hybridized carbons (Fsp3) is 0.615. The Balaban J connectivity index is 2.32. The Morgan fingerprint density at radius 2 is 2.12 bits per heavy atom. The molecule has 4 heteroatoms. The van der Waals surface area contributed by atoms with E-state index in [0.29, 0.717) is 0 Å². The van der Waals surface area contributed by atoms with Gasteiger partial charge in [0.05, 0.1) is 15.9 Å². The van der Waals surface area contributed by atoms with Crippen molar-refractivity contribution in [2.75, 3.05) is 13.1 Å². The second-order valence-electron chi connectivity index (χ2n) is 4.18. The molecule has 0 saturated heterocycles. The van der Waals surface area contributed by atoms with Crippen molar-refractivity contribution >= 4 is 15.9 Å². The summed E-state index contributed by atoms with van der Waals surface area (Å²) in [7, 11) is 1.99. The van der Waals surface area contributed by atoms with Crippen LogP contribution in [0.3, 0.4) is 0 Å². The van der Waals surface area contributed by atoms with Crippen LogP contribution in [0, 0.1) is 6.92 Å². The Morgan fingerprint density at radius 3 is 2.71 bits per heavy atom. The van der Waals surface area contributed by atoms with Gasteiger partial charge in [-0.25, -0.2) is 0 Å². The van der Waals surface area contributed by atoms with Gasteiger partial charge in [-0.3, -0.25) is 4.68 Å². The summed E-state index contributed by atoms with van der Waals surface area (Å²) in [5, 5.41) is 7.76. The van der Waals surface area contributed by atoms with E-state index in [0.717, 1.165) is 36.1 Å². The van der Waals surface area contributed by atoms with Crippen molar-refractivity contribution in [1.82, 2.24) is 15.1 Å². The predicted octanol–water partition coefficient (Wildman–Crippen LogP) is 2.98. The largest absolute Gasteiger partial charge is 0.316 e. The molecule has 0 spiro atoms. The summed E-state index contributed by atoms with van der Waals surface area (Å²) in [6, 6.07) is 0. The molecule has 96 valence electrons. The SMILES string of the molecule is CCCNCCC=CCc1c(Br)c(C)nn1C. The number of aryl methyl sites for hydroxylation is 2. The van der Waals surface area contributed by atoms with Crippen molar-refractivity contribution in [3.63, 3.8) is 0 Å². The maximum absolute atomic E-state index is 4.37. The van der Waals surface area contributed by atoms with Crippen LogP contribution in [0.5, 0.6) is 0 Å². The average molecular weight is 300 g/mol. The van der Waals surface area contributed by atoms with Crippen molar-refractivity contribution in [3.05, 3.63) is 28.0 Å². The number of nitrogens with one attached hydrogen (secondary N) is 1. The summed E-state index contributed by atoms with van der Waals surface area (Å²) in [5.74, 6) is 0. The number of aromatic nitrogens is 2. The lowest BCUT2D eigenvalue weighted by atomic mass is 10.2. The first-order valence-corrected chi connectivity index (χ1v) is 6.99. The molecule has 1 N–H and O–H groups in total. The van der Waals surface area contributed by atoms with Gasteiger partial charge in [-0.1, -0.05) is 19.1 Å². The van der Waals surface area contributed by atoms with Crippen LogP contribution in [0.2, 0.25) is 0 Å². The lowest BCUT2D eigenvalue weighted by Crippen LogP contribution is -2.15. The summed E-state index contributed by atoms with van der Waals surface area (Å²) >= 11 is 3.57. The number of hydrogen-bond donors (Lipinski definition) is 1. The van der Waals surface area contributed by atoms with Crippen molar-refractivity contribution in [2.45, 2.75) is 33.1 Å². The van der Waals surface area contributed by atoms with Crippen LogP contribution >= 0.6 is 15.9 Å². The number of rotatable bonds is 7. The lowest BCUT2D eigenvalue weighted by Gasteiger charge is -1.99. The van der Waals surface area contributed by atoms with Crippen LogP contribution < -0.4 is 5.32 Å². The Kier molecular flexibility index (Phi) is 6.52. The highest BCUT2D eigenvalue weighted by Gasteiger charge is 2.07. The van der Waals surface area contributed by atoms with Crippen molar-refractivity contribution in [1.29, 1.82) is 0 Å². The van der Waals surface area contributed by atoms with Crippen LogP contribution in [0.15, 0.2) is 16.6 Å². The smallest absolute Gasteiger partial charge is 0.0738 e. The zero-order valence-corrected chi connectivity index (χ0v) is 12.5. The molecule has 0 radical (unpaired) electrons. The summed E-state index contributed by atoms with van der Waals surface area (Å²) in [5.41, 5.74) is 2.29. The van der Waals surface area contributed by atoms with E-state index in [1.165, 1.54) is 12.1 Å². The van der Waals surface area contributed by atoms with Gasteiger partial charge in [0.2, 0.25) is 0 Å². The number of hydrogen-bond acceptors (Lipinski definition) is 2. The third kappa shape index (κ3) is 4.64. The molecule has 1 aromatic heterocycles. The monoisotopic (exact) mass is 299 g/mol. The molecule has 3 nitrogen and oxygen atoms in total. The Labute approximate surface area is 112 Å². The predicted molar refractivity (Wildman–Crippen MR) is 76.3 cm³/mol. The second-order valence-corrected chi connectivity index (χ2v) is 4.98. The Hall–Kier alpha value is -0.610. The highest BCUT2D eigenvalue weighted by Crippen LogP contribution is 2.20. The van der Waals surface area contributed by atoms with Crippen molar-refractivity contribution in [3.8, 4) is 0 Å². The average Bonchev–Trinajstić information content (AvgIpc) is 2.54. The first-order chi connectivity index (χ1) is 8.16. The van der Waals surface area contributed by atoms with Gasteiger partial charge in [-0.05, 0) is 48.8 Å². The van der Waals surface area contributed by atoms with E-state index in [1.807, 2.05) is 18.7 Å². The summed E-state index contributed by atoms with van der Waals surface area (Å²) < 4.78 is 3.08. The Bertz CT molecular complexity index is 369. The van der Waals surface area contributed by atoms with Gasteiger partial charge in [0.1, 0.15) is 0 Å². The first kappa shape index (κ1) is 14.5. The van der Waals surface area contributed by atoms with Gasteiger partial charge in [-0.15, -0.1) is 0 Å². The molecule has 17 heavy (non-hydrogen) atoms.